The number of rotatable bonds is 8. The van der Waals surface area contributed by atoms with Gasteiger partial charge in [0.25, 0.3) is 0 Å². The van der Waals surface area contributed by atoms with Gasteiger partial charge in [-0.1, -0.05) is 27.7 Å². The molecular formula is C26H37N5O4. The molecule has 35 heavy (non-hydrogen) atoms. The van der Waals surface area contributed by atoms with E-state index in [1.165, 1.54) is 7.11 Å². The lowest BCUT2D eigenvalue weighted by molar-refractivity contribution is -0.124. The minimum Gasteiger partial charge on any atom is -0.497 e. The number of aromatic nitrogens is 1. The molecule has 0 bridgehead atoms. The molecule has 1 aliphatic rings. The number of aromatic amines is 1. The first-order chi connectivity index (χ1) is 16.6. The van der Waals surface area contributed by atoms with Crippen molar-refractivity contribution >= 4 is 16.9 Å². The highest BCUT2D eigenvalue weighted by Gasteiger charge is 2.37. The number of ether oxygens (including phenoxy) is 1. The maximum absolute atomic E-state index is 13.5. The van der Waals surface area contributed by atoms with E-state index in [1.807, 2.05) is 0 Å². The lowest BCUT2D eigenvalue weighted by atomic mass is 9.86. The largest absolute Gasteiger partial charge is 0.497 e. The van der Waals surface area contributed by atoms with E-state index >= 15 is 0 Å². The molecule has 1 aliphatic heterocycles. The Balaban J connectivity index is 1.95. The van der Waals surface area contributed by atoms with Crippen molar-refractivity contribution < 1.29 is 13.9 Å². The number of piperidine rings is 1. The van der Waals surface area contributed by atoms with E-state index in [4.69, 9.17) is 14.1 Å². The van der Waals surface area contributed by atoms with Crippen LogP contribution in [0.25, 0.3) is 11.0 Å². The van der Waals surface area contributed by atoms with E-state index in [0.717, 1.165) is 32.5 Å². The average molecular weight is 484 g/mol. The van der Waals surface area contributed by atoms with E-state index in [0.29, 0.717) is 36.0 Å². The highest BCUT2D eigenvalue weighted by atomic mass is 16.5. The van der Waals surface area contributed by atoms with Crippen LogP contribution in [0, 0.1) is 16.7 Å². The Morgan fingerprint density at radius 2 is 2.09 bits per heavy atom. The number of carbonyl (C=O) groups is 1. The highest BCUT2D eigenvalue weighted by Crippen LogP contribution is 2.25. The van der Waals surface area contributed by atoms with Gasteiger partial charge in [0.2, 0.25) is 5.91 Å². The number of hydrogen-bond acceptors (Lipinski definition) is 7. The average Bonchev–Trinajstić information content (AvgIpc) is 2.81. The van der Waals surface area contributed by atoms with E-state index in [1.54, 1.807) is 18.2 Å². The number of nitrogens with zero attached hydrogens (tertiary/aromatic N) is 3. The smallest absolute Gasteiger partial charge is 0.418 e. The fourth-order valence-electron chi connectivity index (χ4n) is 4.34. The Morgan fingerprint density at radius 3 is 2.69 bits per heavy atom. The molecule has 2 aromatic rings. The van der Waals surface area contributed by atoms with E-state index in [-0.39, 0.29) is 16.8 Å². The normalized spacial score (nSPS) is 17.7. The third-order valence-corrected chi connectivity index (χ3v) is 6.45. The van der Waals surface area contributed by atoms with Crippen LogP contribution in [0.1, 0.15) is 59.8 Å². The maximum Gasteiger partial charge on any atom is 0.418 e. The minimum atomic E-state index is -0.911. The minimum absolute atomic E-state index is 0.0126. The zero-order chi connectivity index (χ0) is 25.6. The molecule has 1 aromatic carbocycles. The van der Waals surface area contributed by atoms with Crippen molar-refractivity contribution in [3.63, 3.8) is 0 Å². The number of carbonyl (C=O) groups excluding carboxylic acids is 1. The molecule has 0 radical (unpaired) electrons. The van der Waals surface area contributed by atoms with E-state index in [9.17, 15) is 14.9 Å². The summed E-state index contributed by atoms with van der Waals surface area (Å²) in [5, 5.41) is 13.6. The molecule has 0 saturated carbocycles. The van der Waals surface area contributed by atoms with Crippen LogP contribution in [-0.4, -0.2) is 54.1 Å². The van der Waals surface area contributed by atoms with Gasteiger partial charge in [0.05, 0.1) is 18.6 Å². The van der Waals surface area contributed by atoms with Crippen LogP contribution < -0.4 is 21.3 Å². The molecule has 190 valence electrons. The van der Waals surface area contributed by atoms with Crippen molar-refractivity contribution in [2.24, 2.45) is 10.4 Å². The molecule has 9 heteroatoms. The van der Waals surface area contributed by atoms with Gasteiger partial charge in [-0.05, 0) is 56.2 Å². The van der Waals surface area contributed by atoms with Crippen molar-refractivity contribution in [3.05, 3.63) is 34.2 Å². The quantitative estimate of drug-likeness (QED) is 0.595. The molecule has 1 amide bonds. The Labute approximate surface area is 206 Å². The van der Waals surface area contributed by atoms with Crippen LogP contribution in [0.5, 0.6) is 5.75 Å². The van der Waals surface area contributed by atoms with Gasteiger partial charge in [0, 0.05) is 19.2 Å². The van der Waals surface area contributed by atoms with Crippen molar-refractivity contribution in [2.45, 2.75) is 71.4 Å². The summed E-state index contributed by atoms with van der Waals surface area (Å²) in [6, 6.07) is 6.70. The van der Waals surface area contributed by atoms with Gasteiger partial charge in [-0.25, -0.2) is 4.79 Å². The highest BCUT2D eigenvalue weighted by molar-refractivity contribution is 5.83. The second kappa shape index (κ2) is 11.1. The molecule has 1 unspecified atom stereocenters. The van der Waals surface area contributed by atoms with Gasteiger partial charge in [-0.15, -0.1) is 0 Å². The standard InChI is InChI=1S/C26H37N5O4/c1-6-13-31-14-11-26(17-27,12-15-31)30-23(32)20(9-10-25(2,3)4)28-22-19-8-7-18(34-5)16-21(19)35-24(33)29-22/h7-8,16,20H,6,9-15H2,1-5H3,(H,30,32)(H,28,29,33). The zero-order valence-electron chi connectivity index (χ0n) is 21.4. The third kappa shape index (κ3) is 6.95. The Kier molecular flexibility index (Phi) is 8.39. The van der Waals surface area contributed by atoms with Crippen molar-refractivity contribution in [1.29, 1.82) is 5.26 Å². The summed E-state index contributed by atoms with van der Waals surface area (Å²) in [6.45, 7) is 11.0. The number of benzene rings is 1. The molecule has 1 aromatic heterocycles. The van der Waals surface area contributed by atoms with Gasteiger partial charge >= 0.3 is 5.76 Å². The Morgan fingerprint density at radius 1 is 1.37 bits per heavy atom. The maximum atomic E-state index is 13.5. The molecule has 3 rings (SSSR count). The summed E-state index contributed by atoms with van der Waals surface area (Å²) in [5.74, 6) is -0.426. The fraction of sp³-hybridized carbons (Fsp3) is 0.615. The van der Waals surface area contributed by atoms with Gasteiger partial charge in [-0.2, -0.15) is 5.26 Å². The van der Waals surface area contributed by atoms with Crippen molar-refractivity contribution in [3.8, 4) is 11.8 Å². The summed E-state index contributed by atoms with van der Waals surface area (Å²) in [6.07, 6.45) is 3.42. The van der Waals surface area contributed by atoms with Crippen molar-refractivity contribution in [1.82, 2.24) is 15.2 Å². The topological polar surface area (TPSA) is 124 Å². The van der Waals surface area contributed by atoms with Gasteiger partial charge < -0.3 is 19.4 Å². The number of hydrogen-bond donors (Lipinski definition) is 2. The van der Waals surface area contributed by atoms with Crippen LogP contribution in [0.2, 0.25) is 0 Å². The Bertz CT molecular complexity index is 1190. The van der Waals surface area contributed by atoms with E-state index in [2.05, 4.69) is 49.0 Å². The molecular weight excluding hydrogens is 446 g/mol. The first-order valence-electron chi connectivity index (χ1n) is 12.3. The van der Waals surface area contributed by atoms with Crippen LogP contribution in [0.15, 0.2) is 32.4 Å². The lowest BCUT2D eigenvalue weighted by Crippen LogP contribution is -2.56. The van der Waals surface area contributed by atoms with E-state index < -0.39 is 17.3 Å². The number of methoxy groups -OCH3 is 1. The molecule has 0 spiro atoms. The molecule has 9 nitrogen and oxygen atoms in total. The lowest BCUT2D eigenvalue weighted by Gasteiger charge is -2.38. The van der Waals surface area contributed by atoms with Crippen LogP contribution in [-0.2, 0) is 4.79 Å². The summed E-state index contributed by atoms with van der Waals surface area (Å²) < 4.78 is 10.5. The molecule has 2 N–H and O–H groups in total. The van der Waals surface area contributed by atoms with Gasteiger partial charge in [-0.3, -0.25) is 14.8 Å². The first kappa shape index (κ1) is 26.5. The summed E-state index contributed by atoms with van der Waals surface area (Å²) in [4.78, 5) is 35.4. The number of nitriles is 1. The predicted octanol–water partition coefficient (Wildman–Crippen LogP) is 3.11. The van der Waals surface area contributed by atoms with Crippen molar-refractivity contribution in [2.75, 3.05) is 26.7 Å². The molecule has 1 fully saturated rings. The van der Waals surface area contributed by atoms with Gasteiger partial charge in [0.15, 0.2) is 0 Å². The Hall–Kier alpha value is -3.12. The zero-order valence-corrected chi connectivity index (χ0v) is 21.4. The number of fused-ring (bicyclic) bond motifs is 1. The van der Waals surface area contributed by atoms with Crippen LogP contribution in [0.4, 0.5) is 0 Å². The number of amides is 1. The number of nitrogens with one attached hydrogen (secondary N) is 2. The van der Waals surface area contributed by atoms with Crippen LogP contribution >= 0.6 is 0 Å². The summed E-state index contributed by atoms with van der Waals surface area (Å²) in [7, 11) is 1.53. The fourth-order valence-corrected chi connectivity index (χ4v) is 4.34. The third-order valence-electron chi connectivity index (χ3n) is 6.45. The second-order valence-corrected chi connectivity index (χ2v) is 10.5. The SMILES string of the molecule is CCCN1CCC(C#N)(NC(=O)C(CCC(C)(C)C)N=c2[nH]c(=O)oc3cc(OC)ccc23)CC1. The molecule has 0 aliphatic carbocycles. The second-order valence-electron chi connectivity index (χ2n) is 10.5. The monoisotopic (exact) mass is 483 g/mol. The molecule has 1 saturated heterocycles. The summed E-state index contributed by atoms with van der Waals surface area (Å²) >= 11 is 0. The number of H-pyrrole nitrogens is 1. The predicted molar refractivity (Wildman–Crippen MR) is 134 cm³/mol. The molecule has 1 atom stereocenters. The van der Waals surface area contributed by atoms with Gasteiger partial charge in [0.1, 0.15) is 28.4 Å². The first-order valence-corrected chi connectivity index (χ1v) is 12.3. The number of likely N-dealkylation sites (tertiary alicyclic amines) is 1. The van der Waals surface area contributed by atoms with Crippen LogP contribution in [0.3, 0.4) is 0 Å². The summed E-state index contributed by atoms with van der Waals surface area (Å²) in [5.41, 5.74) is -0.331. The molecule has 2 heterocycles.